The van der Waals surface area contributed by atoms with Crippen molar-refractivity contribution in [1.29, 1.82) is 5.26 Å². The summed E-state index contributed by atoms with van der Waals surface area (Å²) in [6, 6.07) is 27.6. The Hall–Kier alpha value is -4.18. The first kappa shape index (κ1) is 26.1. The Morgan fingerprint density at radius 3 is 1.62 bits per heavy atom. The van der Waals surface area contributed by atoms with Crippen LogP contribution in [0.25, 0.3) is 11.1 Å². The maximum absolute atomic E-state index is 10.1. The smallest absolute Gasteiger partial charge is 0.148 e. The normalized spacial score (nSPS) is 20.7. The van der Waals surface area contributed by atoms with Crippen LogP contribution in [0.1, 0.15) is 25.0 Å². The van der Waals surface area contributed by atoms with Gasteiger partial charge in [-0.15, -0.1) is 0 Å². The number of hydrogen-bond acceptors (Lipinski definition) is 6. The molecule has 0 radical (unpaired) electrons. The minimum Gasteiger partial charge on any atom is -0.335 e. The van der Waals surface area contributed by atoms with E-state index in [2.05, 4.69) is 126 Å². The molecule has 0 atom stereocenters. The maximum atomic E-state index is 10.1. The second kappa shape index (κ2) is 11.1. The molecule has 2 aliphatic heterocycles. The van der Waals surface area contributed by atoms with Gasteiger partial charge >= 0.3 is 0 Å². The quantitative estimate of drug-likeness (QED) is 0.232. The van der Waals surface area contributed by atoms with Gasteiger partial charge in [0.25, 0.3) is 0 Å². The van der Waals surface area contributed by atoms with E-state index in [-0.39, 0.29) is 0 Å². The Labute approximate surface area is 244 Å². The molecule has 0 spiro atoms. The van der Waals surface area contributed by atoms with Crippen molar-refractivity contribution in [2.75, 3.05) is 22.9 Å². The lowest BCUT2D eigenvalue weighted by molar-refractivity contribution is 1.00. The Morgan fingerprint density at radius 1 is 0.750 bits per heavy atom. The summed E-state index contributed by atoms with van der Waals surface area (Å²) in [6.07, 6.45) is 8.62. The van der Waals surface area contributed by atoms with E-state index in [0.29, 0.717) is 5.70 Å². The fourth-order valence-corrected chi connectivity index (χ4v) is 7.71. The number of rotatable bonds is 5. The Kier molecular flexibility index (Phi) is 7.25. The molecule has 1 aliphatic carbocycles. The highest BCUT2D eigenvalue weighted by atomic mass is 32.2. The van der Waals surface area contributed by atoms with E-state index >= 15 is 0 Å². The second-order valence-electron chi connectivity index (χ2n) is 9.34. The van der Waals surface area contributed by atoms with Gasteiger partial charge in [0.05, 0.1) is 21.4 Å². The van der Waals surface area contributed by atoms with Crippen LogP contribution in [0.15, 0.2) is 133 Å². The largest absolute Gasteiger partial charge is 0.335 e. The lowest BCUT2D eigenvalue weighted by Gasteiger charge is -2.17. The molecule has 0 N–H and O–H groups in total. The number of nitriles is 1. The molecule has 6 heteroatoms. The molecule has 0 saturated heterocycles. The predicted octanol–water partition coefficient (Wildman–Crippen LogP) is 8.89. The first-order chi connectivity index (χ1) is 19.7. The molecule has 40 heavy (non-hydrogen) atoms. The van der Waals surface area contributed by atoms with Crippen molar-refractivity contribution in [3.8, 4) is 6.07 Å². The zero-order chi connectivity index (χ0) is 27.6. The summed E-state index contributed by atoms with van der Waals surface area (Å²) < 4.78 is 0. The van der Waals surface area contributed by atoms with Crippen LogP contribution in [-0.2, 0) is 0 Å². The maximum Gasteiger partial charge on any atom is 0.148 e. The van der Waals surface area contributed by atoms with Gasteiger partial charge in [-0.3, -0.25) is 4.99 Å². The number of allylic oxidation sites excluding steroid dienone is 8. The van der Waals surface area contributed by atoms with E-state index in [9.17, 15) is 5.26 Å². The summed E-state index contributed by atoms with van der Waals surface area (Å²) in [5, 5.41) is 12.4. The topological polar surface area (TPSA) is 42.6 Å². The molecule has 0 bridgehead atoms. The lowest BCUT2D eigenvalue weighted by Crippen LogP contribution is -2.16. The average molecular weight is 557 g/mol. The van der Waals surface area contributed by atoms with Crippen molar-refractivity contribution in [3.05, 3.63) is 130 Å². The third-order valence-corrected chi connectivity index (χ3v) is 9.50. The van der Waals surface area contributed by atoms with E-state index in [1.54, 1.807) is 23.5 Å². The fourth-order valence-electron chi connectivity index (χ4n) is 5.45. The molecule has 3 aliphatic rings. The zero-order valence-electron chi connectivity index (χ0n) is 22.5. The van der Waals surface area contributed by atoms with Crippen LogP contribution >= 0.6 is 23.5 Å². The van der Waals surface area contributed by atoms with E-state index in [0.717, 1.165) is 51.0 Å². The molecule has 0 unspecified atom stereocenters. The Balaban J connectivity index is 1.47. The number of hydrogen-bond donors (Lipinski definition) is 0. The Bertz CT molecular complexity index is 1610. The molecule has 3 aromatic carbocycles. The second-order valence-corrected chi connectivity index (χ2v) is 11.5. The third-order valence-electron chi connectivity index (χ3n) is 7.24. The van der Waals surface area contributed by atoms with Gasteiger partial charge in [-0.25, -0.2) is 0 Å². The number of para-hydroxylation sites is 2. The van der Waals surface area contributed by atoms with Crippen LogP contribution in [-0.4, -0.2) is 19.8 Å². The van der Waals surface area contributed by atoms with Crippen molar-refractivity contribution < 1.29 is 0 Å². The number of nitrogens with zero attached hydrogens (tertiary/aromatic N) is 4. The molecular formula is C34H28N4S2. The number of thioether (sulfide) groups is 2. The minimum absolute atomic E-state index is 0.329. The van der Waals surface area contributed by atoms with Gasteiger partial charge in [0.15, 0.2) is 0 Å². The van der Waals surface area contributed by atoms with Gasteiger partial charge in [0.2, 0.25) is 0 Å². The van der Waals surface area contributed by atoms with Crippen LogP contribution in [0.3, 0.4) is 0 Å². The van der Waals surface area contributed by atoms with Crippen LogP contribution < -0.4 is 9.80 Å². The van der Waals surface area contributed by atoms with Gasteiger partial charge in [-0.1, -0.05) is 84.2 Å². The fraction of sp³-hybridized carbons (Fsp3) is 0.118. The number of benzene rings is 3. The van der Waals surface area contributed by atoms with Crippen LogP contribution in [0.2, 0.25) is 0 Å². The van der Waals surface area contributed by atoms with Gasteiger partial charge in [0.1, 0.15) is 11.8 Å². The van der Waals surface area contributed by atoms with Crippen molar-refractivity contribution in [3.63, 3.8) is 0 Å². The first-order valence-corrected chi connectivity index (χ1v) is 15.0. The standard InChI is InChI=1S/C34H28N4S2/c1-4-37-28-14-8-10-16-30(28)39-32(37)20-18-25-23-12-6-7-13-24(23)26(34(25)27(22-35)36-3)19-21-33-38(5-2)29-15-9-11-17-31(29)40-33/h6-21H,3-5H2,1-2H3/b25-18-,26-19+,32-20+,33-21+,34-27?. The van der Waals surface area contributed by atoms with Gasteiger partial charge in [0, 0.05) is 28.5 Å². The van der Waals surface area contributed by atoms with Crippen LogP contribution in [0.4, 0.5) is 11.4 Å². The lowest BCUT2D eigenvalue weighted by atomic mass is 10.0. The summed E-state index contributed by atoms with van der Waals surface area (Å²) in [5.41, 5.74) is 7.76. The molecule has 196 valence electrons. The average Bonchev–Trinajstić information content (AvgIpc) is 3.64. The third kappa shape index (κ3) is 4.42. The highest BCUT2D eigenvalue weighted by molar-refractivity contribution is 8.04. The van der Waals surface area contributed by atoms with E-state index in [4.69, 9.17) is 0 Å². The summed E-state index contributed by atoms with van der Waals surface area (Å²) in [6.45, 7) is 9.84. The zero-order valence-corrected chi connectivity index (χ0v) is 24.1. The molecule has 0 saturated carbocycles. The summed E-state index contributed by atoms with van der Waals surface area (Å²) >= 11 is 3.54. The number of fused-ring (bicyclic) bond motifs is 3. The Morgan fingerprint density at radius 2 is 1.20 bits per heavy atom. The molecule has 0 amide bonds. The molecule has 4 nitrogen and oxygen atoms in total. The van der Waals surface area contributed by atoms with Crippen molar-refractivity contribution >= 4 is 52.8 Å². The summed E-state index contributed by atoms with van der Waals surface area (Å²) in [5.74, 6) is 0. The molecular weight excluding hydrogens is 529 g/mol. The van der Waals surface area contributed by atoms with Gasteiger partial charge < -0.3 is 9.80 Å². The first-order valence-electron chi connectivity index (χ1n) is 13.3. The van der Waals surface area contributed by atoms with E-state index in [1.165, 1.54) is 21.2 Å². The SMILES string of the molecule is C=NC(C#N)=C1/C(=C\C=C2\Sc3ccccc3N2CC)c2ccccc2/C1=C\C=C1\Sc2ccccc2N1CC. The van der Waals surface area contributed by atoms with E-state index < -0.39 is 0 Å². The van der Waals surface area contributed by atoms with Crippen molar-refractivity contribution in [2.24, 2.45) is 4.99 Å². The van der Waals surface area contributed by atoms with Crippen LogP contribution in [0.5, 0.6) is 0 Å². The monoisotopic (exact) mass is 556 g/mol. The highest BCUT2D eigenvalue weighted by Gasteiger charge is 2.30. The van der Waals surface area contributed by atoms with Crippen molar-refractivity contribution in [2.45, 2.75) is 23.6 Å². The molecule has 6 rings (SSSR count). The summed E-state index contributed by atoms with van der Waals surface area (Å²) in [4.78, 5) is 11.3. The highest BCUT2D eigenvalue weighted by Crippen LogP contribution is 2.50. The molecule has 3 aromatic rings. The van der Waals surface area contributed by atoms with E-state index in [1.807, 2.05) is 12.1 Å². The number of aliphatic imine (C=N–C) groups is 1. The molecule has 0 fully saturated rings. The van der Waals surface area contributed by atoms with Gasteiger partial charge in [-0.05, 0) is 79.3 Å². The summed E-state index contributed by atoms with van der Waals surface area (Å²) in [7, 11) is 0. The minimum atomic E-state index is 0.329. The van der Waals surface area contributed by atoms with Gasteiger partial charge in [-0.2, -0.15) is 5.26 Å². The van der Waals surface area contributed by atoms with Crippen molar-refractivity contribution in [1.82, 2.24) is 0 Å². The molecule has 2 heterocycles. The predicted molar refractivity (Wildman–Crippen MR) is 171 cm³/mol. The number of anilines is 2. The van der Waals surface area contributed by atoms with Crippen LogP contribution in [0, 0.1) is 11.3 Å². The molecule has 0 aromatic heterocycles.